The zero-order valence-corrected chi connectivity index (χ0v) is 8.78. The van der Waals surface area contributed by atoms with Crippen LogP contribution in [0.1, 0.15) is 5.56 Å². The highest BCUT2D eigenvalue weighted by Crippen LogP contribution is 2.21. The molecule has 3 heteroatoms. The van der Waals surface area contributed by atoms with Gasteiger partial charge in [0.05, 0.1) is 12.1 Å². The second-order valence-electron chi connectivity index (χ2n) is 3.15. The summed E-state index contributed by atoms with van der Waals surface area (Å²) in [6.45, 7) is 0.0391. The second-order valence-corrected chi connectivity index (χ2v) is 3.58. The maximum Gasteiger partial charge on any atom is 0.0722 e. The van der Waals surface area contributed by atoms with Crippen LogP contribution >= 0.6 is 11.6 Å². The van der Waals surface area contributed by atoms with E-state index in [0.29, 0.717) is 5.02 Å². The zero-order chi connectivity index (χ0) is 10.7. The highest BCUT2D eigenvalue weighted by molar-refractivity contribution is 6.31. The Morgan fingerprint density at radius 3 is 3.00 bits per heavy atom. The van der Waals surface area contributed by atoms with Gasteiger partial charge in [0.15, 0.2) is 0 Å². The fourth-order valence-corrected chi connectivity index (χ4v) is 1.63. The van der Waals surface area contributed by atoms with Crippen molar-refractivity contribution in [2.45, 2.75) is 0 Å². The molecule has 0 radical (unpaired) electrons. The molecule has 1 aromatic heterocycles. The van der Waals surface area contributed by atoms with Crippen molar-refractivity contribution in [1.29, 1.82) is 0 Å². The van der Waals surface area contributed by atoms with E-state index in [1.54, 1.807) is 12.3 Å². The predicted octanol–water partition coefficient (Wildman–Crippen LogP) is 2.89. The number of fused-ring (bicyclic) bond motifs is 1. The van der Waals surface area contributed by atoms with Gasteiger partial charge < -0.3 is 5.11 Å². The van der Waals surface area contributed by atoms with Gasteiger partial charge in [0.25, 0.3) is 0 Å². The van der Waals surface area contributed by atoms with Gasteiger partial charge in [0.2, 0.25) is 0 Å². The van der Waals surface area contributed by atoms with Crippen LogP contribution in [-0.2, 0) is 0 Å². The molecule has 0 bridgehead atoms. The molecule has 2 rings (SSSR count). The first kappa shape index (κ1) is 10.1. The smallest absolute Gasteiger partial charge is 0.0722 e. The van der Waals surface area contributed by atoms with Crippen molar-refractivity contribution in [2.24, 2.45) is 0 Å². The van der Waals surface area contributed by atoms with Crippen molar-refractivity contribution in [3.05, 3.63) is 47.1 Å². The quantitative estimate of drug-likeness (QED) is 0.843. The molecule has 0 saturated heterocycles. The minimum atomic E-state index is 0.0391. The number of hydrogen-bond donors (Lipinski definition) is 1. The van der Waals surface area contributed by atoms with Gasteiger partial charge in [-0.25, -0.2) is 0 Å². The number of pyridine rings is 1. The lowest BCUT2D eigenvalue weighted by atomic mass is 10.1. The molecule has 0 atom stereocenters. The van der Waals surface area contributed by atoms with E-state index in [1.165, 1.54) is 0 Å². The number of halogens is 1. The van der Waals surface area contributed by atoms with Gasteiger partial charge in [0, 0.05) is 16.6 Å². The lowest BCUT2D eigenvalue weighted by Crippen LogP contribution is -1.82. The molecule has 1 N–H and O–H groups in total. The molecule has 2 aromatic rings. The Morgan fingerprint density at radius 1 is 1.33 bits per heavy atom. The molecule has 0 unspecified atom stereocenters. The Balaban J connectivity index is 2.60. The van der Waals surface area contributed by atoms with Crippen LogP contribution in [0.25, 0.3) is 17.0 Å². The van der Waals surface area contributed by atoms with E-state index in [2.05, 4.69) is 4.98 Å². The van der Waals surface area contributed by atoms with Crippen LogP contribution in [0.3, 0.4) is 0 Å². The number of benzene rings is 1. The van der Waals surface area contributed by atoms with E-state index in [-0.39, 0.29) is 6.61 Å². The fraction of sp³-hybridized carbons (Fsp3) is 0.0833. The first-order valence-corrected chi connectivity index (χ1v) is 5.01. The summed E-state index contributed by atoms with van der Waals surface area (Å²) in [5.74, 6) is 0. The van der Waals surface area contributed by atoms with Crippen LogP contribution < -0.4 is 0 Å². The summed E-state index contributed by atoms with van der Waals surface area (Å²) in [5.41, 5.74) is 1.90. The number of aliphatic hydroxyl groups excluding tert-OH is 1. The largest absolute Gasteiger partial charge is 0.392 e. The second kappa shape index (κ2) is 4.43. The predicted molar refractivity (Wildman–Crippen MR) is 62.9 cm³/mol. The normalized spacial score (nSPS) is 11.3. The number of hydrogen-bond acceptors (Lipinski definition) is 2. The summed E-state index contributed by atoms with van der Waals surface area (Å²) in [6, 6.07) is 7.50. The van der Waals surface area contributed by atoms with Crippen LogP contribution in [0.4, 0.5) is 0 Å². The molecule has 76 valence electrons. The van der Waals surface area contributed by atoms with Crippen molar-refractivity contribution in [2.75, 3.05) is 6.61 Å². The van der Waals surface area contributed by atoms with E-state index in [4.69, 9.17) is 16.7 Å². The van der Waals surface area contributed by atoms with Crippen molar-refractivity contribution in [3.63, 3.8) is 0 Å². The average molecular weight is 220 g/mol. The first-order chi connectivity index (χ1) is 7.31. The molecule has 0 saturated carbocycles. The highest BCUT2D eigenvalue weighted by Gasteiger charge is 1.99. The van der Waals surface area contributed by atoms with Crippen LogP contribution in [0.5, 0.6) is 0 Å². The minimum absolute atomic E-state index is 0.0391. The third-order valence-electron chi connectivity index (χ3n) is 2.14. The molecular formula is C12H10ClNO. The Kier molecular flexibility index (Phi) is 2.99. The van der Waals surface area contributed by atoms with Crippen molar-refractivity contribution in [3.8, 4) is 0 Å². The van der Waals surface area contributed by atoms with E-state index >= 15 is 0 Å². The van der Waals surface area contributed by atoms with Crippen LogP contribution in [0.15, 0.2) is 36.5 Å². The molecule has 0 spiro atoms. The standard InChI is InChI=1S/C12H10ClNO/c13-10-3-4-11-9(2-1-7-15)5-6-14-12(11)8-10/h1-6,8,15H,7H2. The van der Waals surface area contributed by atoms with Crippen LogP contribution in [0, 0.1) is 0 Å². The Hall–Kier alpha value is -1.38. The van der Waals surface area contributed by atoms with Crippen LogP contribution in [-0.4, -0.2) is 16.7 Å². The Labute approximate surface area is 92.8 Å². The molecule has 0 aliphatic heterocycles. The monoisotopic (exact) mass is 219 g/mol. The van der Waals surface area contributed by atoms with E-state index in [9.17, 15) is 0 Å². The van der Waals surface area contributed by atoms with Gasteiger partial charge in [-0.3, -0.25) is 4.98 Å². The molecule has 15 heavy (non-hydrogen) atoms. The maximum atomic E-state index is 8.72. The molecule has 0 amide bonds. The molecule has 0 aliphatic rings. The number of rotatable bonds is 2. The topological polar surface area (TPSA) is 33.1 Å². The van der Waals surface area contributed by atoms with Crippen molar-refractivity contribution in [1.82, 2.24) is 4.98 Å². The van der Waals surface area contributed by atoms with E-state index in [1.807, 2.05) is 30.3 Å². The number of aliphatic hydroxyl groups is 1. The molecular weight excluding hydrogens is 210 g/mol. The highest BCUT2D eigenvalue weighted by atomic mass is 35.5. The SMILES string of the molecule is OCC=Cc1ccnc2cc(Cl)ccc12. The van der Waals surface area contributed by atoms with E-state index in [0.717, 1.165) is 16.5 Å². The van der Waals surface area contributed by atoms with Crippen LogP contribution in [0.2, 0.25) is 5.02 Å². The zero-order valence-electron chi connectivity index (χ0n) is 8.02. The molecule has 1 heterocycles. The lowest BCUT2D eigenvalue weighted by Gasteiger charge is -2.01. The number of nitrogens with zero attached hydrogens (tertiary/aromatic N) is 1. The van der Waals surface area contributed by atoms with Crippen molar-refractivity contribution >= 4 is 28.6 Å². The summed E-state index contributed by atoms with van der Waals surface area (Å²) >= 11 is 5.88. The maximum absolute atomic E-state index is 8.72. The number of aromatic nitrogens is 1. The Morgan fingerprint density at radius 2 is 2.20 bits per heavy atom. The minimum Gasteiger partial charge on any atom is -0.392 e. The van der Waals surface area contributed by atoms with Gasteiger partial charge in [-0.05, 0) is 23.8 Å². The van der Waals surface area contributed by atoms with E-state index < -0.39 is 0 Å². The molecule has 1 aromatic carbocycles. The summed E-state index contributed by atoms with van der Waals surface area (Å²) in [6.07, 6.45) is 5.30. The van der Waals surface area contributed by atoms with Gasteiger partial charge >= 0.3 is 0 Å². The molecule has 0 aliphatic carbocycles. The average Bonchev–Trinajstić information content (AvgIpc) is 2.25. The van der Waals surface area contributed by atoms with Gasteiger partial charge in [-0.1, -0.05) is 29.8 Å². The first-order valence-electron chi connectivity index (χ1n) is 4.63. The van der Waals surface area contributed by atoms with Gasteiger partial charge in [-0.2, -0.15) is 0 Å². The summed E-state index contributed by atoms with van der Waals surface area (Å²) in [5, 5.41) is 10.4. The molecule has 0 fully saturated rings. The third kappa shape index (κ3) is 2.17. The van der Waals surface area contributed by atoms with Gasteiger partial charge in [-0.15, -0.1) is 0 Å². The fourth-order valence-electron chi connectivity index (χ4n) is 1.47. The summed E-state index contributed by atoms with van der Waals surface area (Å²) < 4.78 is 0. The Bertz CT molecular complexity index is 508. The third-order valence-corrected chi connectivity index (χ3v) is 2.38. The van der Waals surface area contributed by atoms with Crippen molar-refractivity contribution < 1.29 is 5.11 Å². The van der Waals surface area contributed by atoms with Gasteiger partial charge in [0.1, 0.15) is 0 Å². The molecule has 2 nitrogen and oxygen atoms in total. The summed E-state index contributed by atoms with van der Waals surface area (Å²) in [4.78, 5) is 4.23. The summed E-state index contributed by atoms with van der Waals surface area (Å²) in [7, 11) is 0. The lowest BCUT2D eigenvalue weighted by molar-refractivity contribution is 0.343.